The molecule has 16 heavy (non-hydrogen) atoms. The molecule has 3 rings (SSSR count). The summed E-state index contributed by atoms with van der Waals surface area (Å²) in [5.74, 6) is 0.788. The van der Waals surface area contributed by atoms with Crippen molar-refractivity contribution in [2.24, 2.45) is 5.92 Å². The predicted octanol–water partition coefficient (Wildman–Crippen LogP) is 1.01. The first-order chi connectivity index (χ1) is 7.70. The van der Waals surface area contributed by atoms with Crippen LogP contribution in [0.5, 0.6) is 0 Å². The Hall–Kier alpha value is -0.120. The van der Waals surface area contributed by atoms with Gasteiger partial charge in [-0.1, -0.05) is 20.3 Å². The number of rotatable bonds is 5. The largest absolute Gasteiger partial charge is 0.312 e. The molecule has 0 aromatic carbocycles. The molecule has 3 saturated heterocycles. The third-order valence-electron chi connectivity index (χ3n) is 4.57. The number of hydrogen-bond acceptors (Lipinski definition) is 3. The second kappa shape index (κ2) is 5.48. The minimum absolute atomic E-state index is 0.654. The monoisotopic (exact) mass is 225 g/mol. The molecule has 0 saturated carbocycles. The van der Waals surface area contributed by atoms with Gasteiger partial charge in [-0.25, -0.2) is 0 Å². The van der Waals surface area contributed by atoms with Gasteiger partial charge in [-0.05, 0) is 12.8 Å². The molecule has 0 radical (unpaired) electrons. The van der Waals surface area contributed by atoms with E-state index in [9.17, 15) is 0 Å². The third kappa shape index (κ3) is 2.76. The summed E-state index contributed by atoms with van der Waals surface area (Å²) in [6.07, 6.45) is 1.27. The Morgan fingerprint density at radius 3 is 2.38 bits per heavy atom. The molecule has 3 heteroatoms. The van der Waals surface area contributed by atoms with Crippen molar-refractivity contribution in [1.82, 2.24) is 15.1 Å². The Morgan fingerprint density at radius 1 is 1.19 bits per heavy atom. The normalized spacial score (nSPS) is 37.3. The van der Waals surface area contributed by atoms with Crippen molar-refractivity contribution in [1.29, 1.82) is 0 Å². The van der Waals surface area contributed by atoms with Crippen molar-refractivity contribution in [3.63, 3.8) is 0 Å². The molecule has 0 spiro atoms. The lowest BCUT2D eigenvalue weighted by molar-refractivity contribution is 0.0122. The van der Waals surface area contributed by atoms with Crippen LogP contribution < -0.4 is 5.32 Å². The molecular weight excluding hydrogens is 198 g/mol. The molecule has 0 unspecified atom stereocenters. The molecule has 0 amide bonds. The highest BCUT2D eigenvalue weighted by atomic mass is 15.3. The van der Waals surface area contributed by atoms with Gasteiger partial charge in [-0.3, -0.25) is 9.80 Å². The fraction of sp³-hybridized carbons (Fsp3) is 1.00. The van der Waals surface area contributed by atoms with E-state index in [0.717, 1.165) is 12.0 Å². The van der Waals surface area contributed by atoms with Crippen LogP contribution in [-0.4, -0.2) is 61.2 Å². The van der Waals surface area contributed by atoms with Gasteiger partial charge in [0.15, 0.2) is 0 Å². The molecular formula is C13H27N3. The Kier molecular flexibility index (Phi) is 4.22. The van der Waals surface area contributed by atoms with Crippen LogP contribution >= 0.6 is 0 Å². The van der Waals surface area contributed by atoms with Gasteiger partial charge in [0.1, 0.15) is 0 Å². The van der Waals surface area contributed by atoms with Gasteiger partial charge in [-0.15, -0.1) is 0 Å². The number of hydrogen-bond donors (Lipinski definition) is 1. The Balaban J connectivity index is 1.74. The van der Waals surface area contributed by atoms with E-state index < -0.39 is 0 Å². The molecule has 3 atom stereocenters. The van der Waals surface area contributed by atoms with Gasteiger partial charge in [0, 0.05) is 51.4 Å². The summed E-state index contributed by atoms with van der Waals surface area (Å²) in [7, 11) is 0. The molecule has 0 aromatic rings. The van der Waals surface area contributed by atoms with Crippen molar-refractivity contribution in [3.05, 3.63) is 0 Å². The SMILES string of the molecule is CC[C@H](C)[C@@H](C)NC[C@@H]1CN2CCN1CC2. The van der Waals surface area contributed by atoms with Crippen molar-refractivity contribution in [3.8, 4) is 0 Å². The lowest BCUT2D eigenvalue weighted by Crippen LogP contribution is -2.63. The van der Waals surface area contributed by atoms with E-state index in [1.807, 2.05) is 0 Å². The van der Waals surface area contributed by atoms with Crippen LogP contribution in [0, 0.1) is 5.92 Å². The minimum atomic E-state index is 0.654. The first-order valence-corrected chi connectivity index (χ1v) is 6.90. The van der Waals surface area contributed by atoms with E-state index in [1.165, 1.54) is 45.7 Å². The molecule has 94 valence electrons. The first-order valence-electron chi connectivity index (χ1n) is 6.90. The Labute approximate surface area is 100 Å². The highest BCUT2D eigenvalue weighted by Gasteiger charge is 2.31. The van der Waals surface area contributed by atoms with E-state index >= 15 is 0 Å². The first kappa shape index (κ1) is 12.3. The van der Waals surface area contributed by atoms with Crippen LogP contribution in [0.1, 0.15) is 27.2 Å². The fourth-order valence-electron chi connectivity index (χ4n) is 2.79. The quantitative estimate of drug-likeness (QED) is 0.753. The number of nitrogens with zero attached hydrogens (tertiary/aromatic N) is 2. The summed E-state index contributed by atoms with van der Waals surface area (Å²) in [4.78, 5) is 5.27. The summed E-state index contributed by atoms with van der Waals surface area (Å²) in [5, 5.41) is 3.72. The molecule has 2 bridgehead atoms. The van der Waals surface area contributed by atoms with Crippen LogP contribution in [0.3, 0.4) is 0 Å². The van der Waals surface area contributed by atoms with Gasteiger partial charge in [0.25, 0.3) is 0 Å². The third-order valence-corrected chi connectivity index (χ3v) is 4.57. The second-order valence-electron chi connectivity index (χ2n) is 5.57. The van der Waals surface area contributed by atoms with Gasteiger partial charge >= 0.3 is 0 Å². The summed E-state index contributed by atoms with van der Waals surface area (Å²) >= 11 is 0. The van der Waals surface area contributed by atoms with Crippen LogP contribution in [0.25, 0.3) is 0 Å². The lowest BCUT2D eigenvalue weighted by atomic mass is 10.00. The Morgan fingerprint density at radius 2 is 1.88 bits per heavy atom. The molecule has 3 fully saturated rings. The van der Waals surface area contributed by atoms with Crippen molar-refractivity contribution in [2.75, 3.05) is 39.3 Å². The zero-order valence-corrected chi connectivity index (χ0v) is 11.1. The smallest absolute Gasteiger partial charge is 0.0349 e. The molecule has 3 aliphatic rings. The molecule has 0 aliphatic carbocycles. The van der Waals surface area contributed by atoms with Crippen LogP contribution in [-0.2, 0) is 0 Å². The molecule has 0 aromatic heterocycles. The minimum Gasteiger partial charge on any atom is -0.312 e. The average Bonchev–Trinajstić information content (AvgIpc) is 2.36. The fourth-order valence-corrected chi connectivity index (χ4v) is 2.79. The van der Waals surface area contributed by atoms with E-state index in [1.54, 1.807) is 0 Å². The summed E-state index contributed by atoms with van der Waals surface area (Å²) < 4.78 is 0. The highest BCUT2D eigenvalue weighted by Crippen LogP contribution is 2.15. The maximum atomic E-state index is 3.72. The predicted molar refractivity (Wildman–Crippen MR) is 68.7 cm³/mol. The molecule has 3 aliphatic heterocycles. The number of piperazine rings is 3. The summed E-state index contributed by atoms with van der Waals surface area (Å²) in [5.41, 5.74) is 0. The molecule has 3 nitrogen and oxygen atoms in total. The van der Waals surface area contributed by atoms with Gasteiger partial charge < -0.3 is 5.32 Å². The van der Waals surface area contributed by atoms with Gasteiger partial charge in [0.05, 0.1) is 0 Å². The number of fused-ring (bicyclic) bond motifs is 3. The topological polar surface area (TPSA) is 18.5 Å². The van der Waals surface area contributed by atoms with Crippen molar-refractivity contribution >= 4 is 0 Å². The molecule has 1 N–H and O–H groups in total. The zero-order valence-electron chi connectivity index (χ0n) is 11.1. The van der Waals surface area contributed by atoms with Crippen molar-refractivity contribution in [2.45, 2.75) is 39.3 Å². The highest BCUT2D eigenvalue weighted by molar-refractivity contribution is 4.89. The van der Waals surface area contributed by atoms with E-state index in [0.29, 0.717) is 6.04 Å². The second-order valence-corrected chi connectivity index (χ2v) is 5.57. The van der Waals surface area contributed by atoms with E-state index in [-0.39, 0.29) is 0 Å². The van der Waals surface area contributed by atoms with Gasteiger partial charge in [-0.2, -0.15) is 0 Å². The van der Waals surface area contributed by atoms with Crippen LogP contribution in [0.2, 0.25) is 0 Å². The lowest BCUT2D eigenvalue weighted by Gasteiger charge is -2.48. The zero-order chi connectivity index (χ0) is 11.5. The van der Waals surface area contributed by atoms with Crippen molar-refractivity contribution < 1.29 is 0 Å². The van der Waals surface area contributed by atoms with E-state index in [4.69, 9.17) is 0 Å². The van der Waals surface area contributed by atoms with Gasteiger partial charge in [0.2, 0.25) is 0 Å². The summed E-state index contributed by atoms with van der Waals surface area (Å²) in [6, 6.07) is 1.41. The molecule has 3 heterocycles. The van der Waals surface area contributed by atoms with Crippen LogP contribution in [0.4, 0.5) is 0 Å². The van der Waals surface area contributed by atoms with Crippen LogP contribution in [0.15, 0.2) is 0 Å². The maximum absolute atomic E-state index is 3.72. The average molecular weight is 225 g/mol. The standard InChI is InChI=1S/C13H27N3/c1-4-11(2)12(3)14-9-13-10-15-5-7-16(13)8-6-15/h11-14H,4-10H2,1-3H3/t11-,12+,13+/m0/s1. The Bertz CT molecular complexity index is 211. The van der Waals surface area contributed by atoms with E-state index in [2.05, 4.69) is 35.9 Å². The summed E-state index contributed by atoms with van der Waals surface area (Å²) in [6.45, 7) is 14.5. The number of nitrogens with one attached hydrogen (secondary N) is 1. The maximum Gasteiger partial charge on any atom is 0.0349 e.